The average molecular weight is 290 g/mol. The second kappa shape index (κ2) is 7.57. The molecule has 1 fully saturated rings. The van der Waals surface area contributed by atoms with Crippen LogP contribution >= 0.6 is 0 Å². The van der Waals surface area contributed by atoms with Gasteiger partial charge in [-0.2, -0.15) is 0 Å². The molecule has 4 heteroatoms. The molecule has 0 aliphatic carbocycles. The molecule has 3 N–H and O–H groups in total. The zero-order valence-electron chi connectivity index (χ0n) is 12.9. The van der Waals surface area contributed by atoms with Crippen molar-refractivity contribution in [2.45, 2.75) is 51.4 Å². The van der Waals surface area contributed by atoms with Gasteiger partial charge in [0.25, 0.3) is 0 Å². The van der Waals surface area contributed by atoms with Gasteiger partial charge in [0, 0.05) is 6.54 Å². The molecule has 1 aliphatic rings. The molecule has 4 nitrogen and oxygen atoms in total. The van der Waals surface area contributed by atoms with Crippen molar-refractivity contribution in [1.82, 2.24) is 5.32 Å². The quantitative estimate of drug-likeness (QED) is 0.845. The molecule has 1 aromatic carbocycles. The molecular weight excluding hydrogens is 264 g/mol. The molecule has 3 unspecified atom stereocenters. The highest BCUT2D eigenvalue weighted by Crippen LogP contribution is 2.24. The fraction of sp³-hybridized carbons (Fsp3) is 0.588. The summed E-state index contributed by atoms with van der Waals surface area (Å²) in [6, 6.07) is 10.2. The minimum Gasteiger partial charge on any atom is -0.364 e. The van der Waals surface area contributed by atoms with E-state index in [1.165, 1.54) is 0 Å². The highest BCUT2D eigenvalue weighted by molar-refractivity contribution is 5.81. The molecule has 0 spiro atoms. The van der Waals surface area contributed by atoms with E-state index in [4.69, 9.17) is 10.5 Å². The number of hydrogen-bond donors (Lipinski definition) is 2. The average Bonchev–Trinajstić information content (AvgIpc) is 2.96. The Morgan fingerprint density at radius 1 is 1.33 bits per heavy atom. The molecular formula is C17H26N2O2. The molecule has 116 valence electrons. The number of amides is 1. The molecule has 21 heavy (non-hydrogen) atoms. The van der Waals surface area contributed by atoms with Gasteiger partial charge >= 0.3 is 0 Å². The Labute approximate surface area is 127 Å². The van der Waals surface area contributed by atoms with Crippen LogP contribution in [-0.2, 0) is 9.53 Å². The van der Waals surface area contributed by atoms with E-state index in [9.17, 15) is 4.79 Å². The molecule has 2 rings (SSSR count). The molecule has 1 aliphatic heterocycles. The van der Waals surface area contributed by atoms with E-state index in [1.54, 1.807) is 0 Å². The van der Waals surface area contributed by atoms with Crippen molar-refractivity contribution >= 4 is 5.91 Å². The normalized spacial score (nSPS) is 23.2. The fourth-order valence-corrected chi connectivity index (χ4v) is 2.77. The Bertz CT molecular complexity index is 447. The van der Waals surface area contributed by atoms with Crippen LogP contribution in [0.5, 0.6) is 0 Å². The van der Waals surface area contributed by atoms with Crippen LogP contribution in [0.4, 0.5) is 0 Å². The molecule has 3 atom stereocenters. The van der Waals surface area contributed by atoms with E-state index in [0.29, 0.717) is 12.5 Å². The maximum Gasteiger partial charge on any atom is 0.249 e. The summed E-state index contributed by atoms with van der Waals surface area (Å²) in [6.07, 6.45) is 2.23. The van der Waals surface area contributed by atoms with Crippen LogP contribution in [0.1, 0.15) is 44.7 Å². The van der Waals surface area contributed by atoms with Crippen molar-refractivity contribution in [3.05, 3.63) is 35.9 Å². The van der Waals surface area contributed by atoms with Crippen molar-refractivity contribution < 1.29 is 9.53 Å². The third-order valence-electron chi connectivity index (χ3n) is 3.89. The van der Waals surface area contributed by atoms with Gasteiger partial charge in [-0.1, -0.05) is 44.2 Å². The monoisotopic (exact) mass is 290 g/mol. The summed E-state index contributed by atoms with van der Waals surface area (Å²) in [5.41, 5.74) is 6.74. The number of rotatable bonds is 6. The summed E-state index contributed by atoms with van der Waals surface area (Å²) in [4.78, 5) is 12.4. The Kier molecular flexibility index (Phi) is 5.76. The van der Waals surface area contributed by atoms with Gasteiger partial charge in [0.15, 0.2) is 0 Å². The lowest BCUT2D eigenvalue weighted by Gasteiger charge is -2.23. The van der Waals surface area contributed by atoms with Crippen molar-refractivity contribution in [3.8, 4) is 0 Å². The van der Waals surface area contributed by atoms with Crippen LogP contribution in [0.15, 0.2) is 30.3 Å². The van der Waals surface area contributed by atoms with Gasteiger partial charge in [-0.05, 0) is 30.7 Å². The fourth-order valence-electron chi connectivity index (χ4n) is 2.77. The number of ether oxygens (including phenoxy) is 1. The van der Waals surface area contributed by atoms with Crippen molar-refractivity contribution in [1.29, 1.82) is 0 Å². The number of carbonyl (C=O) groups excluding carboxylic acids is 1. The van der Waals surface area contributed by atoms with E-state index in [2.05, 4.69) is 31.3 Å². The molecule has 1 heterocycles. The Hall–Kier alpha value is -1.39. The summed E-state index contributed by atoms with van der Waals surface area (Å²) in [6.45, 7) is 4.81. The molecule has 0 saturated carbocycles. The second-order valence-electron chi connectivity index (χ2n) is 6.16. The van der Waals surface area contributed by atoms with E-state index < -0.39 is 0 Å². The molecule has 1 saturated heterocycles. The molecule has 1 aromatic rings. The van der Waals surface area contributed by atoms with Crippen molar-refractivity contribution in [2.75, 3.05) is 6.54 Å². The number of carbonyl (C=O) groups is 1. The zero-order valence-corrected chi connectivity index (χ0v) is 12.9. The second-order valence-corrected chi connectivity index (χ2v) is 6.16. The highest BCUT2D eigenvalue weighted by atomic mass is 16.5. The third-order valence-corrected chi connectivity index (χ3v) is 3.89. The minimum absolute atomic E-state index is 0.0135. The van der Waals surface area contributed by atoms with Gasteiger partial charge < -0.3 is 15.8 Å². The Morgan fingerprint density at radius 2 is 2.05 bits per heavy atom. The molecule has 0 aromatic heterocycles. The van der Waals surface area contributed by atoms with Crippen LogP contribution < -0.4 is 11.1 Å². The van der Waals surface area contributed by atoms with E-state index in [1.807, 2.05) is 18.2 Å². The van der Waals surface area contributed by atoms with Crippen LogP contribution in [0.25, 0.3) is 0 Å². The summed E-state index contributed by atoms with van der Waals surface area (Å²) in [5.74, 6) is 0.497. The third kappa shape index (κ3) is 4.55. The Morgan fingerprint density at radius 3 is 2.62 bits per heavy atom. The van der Waals surface area contributed by atoms with Gasteiger partial charge in [0.2, 0.25) is 5.91 Å². The smallest absolute Gasteiger partial charge is 0.249 e. The lowest BCUT2D eigenvalue weighted by molar-refractivity contribution is -0.132. The van der Waals surface area contributed by atoms with E-state index in [-0.39, 0.29) is 24.2 Å². The Balaban J connectivity index is 2.00. The van der Waals surface area contributed by atoms with Crippen LogP contribution in [0, 0.1) is 5.92 Å². The van der Waals surface area contributed by atoms with Crippen LogP contribution in [-0.4, -0.2) is 24.7 Å². The SMILES string of the molecule is CC(C)CC(NC(=O)C1CCC(CN)O1)c1ccccc1. The minimum atomic E-state index is -0.350. The predicted molar refractivity (Wildman–Crippen MR) is 83.7 cm³/mol. The van der Waals surface area contributed by atoms with Crippen molar-refractivity contribution in [3.63, 3.8) is 0 Å². The van der Waals surface area contributed by atoms with Gasteiger partial charge in [-0.25, -0.2) is 0 Å². The van der Waals surface area contributed by atoms with E-state index >= 15 is 0 Å². The summed E-state index contributed by atoms with van der Waals surface area (Å²) in [5, 5.41) is 3.15. The summed E-state index contributed by atoms with van der Waals surface area (Å²) < 4.78 is 5.68. The highest BCUT2D eigenvalue weighted by Gasteiger charge is 2.31. The predicted octanol–water partition coefficient (Wildman–Crippen LogP) is 2.40. The number of hydrogen-bond acceptors (Lipinski definition) is 3. The van der Waals surface area contributed by atoms with Gasteiger partial charge in [-0.3, -0.25) is 4.79 Å². The standard InChI is InChI=1S/C17H26N2O2/c1-12(2)10-15(13-6-4-3-5-7-13)19-17(20)16-9-8-14(11-18)21-16/h3-7,12,14-16H,8-11,18H2,1-2H3,(H,19,20). The topological polar surface area (TPSA) is 64.4 Å². The van der Waals surface area contributed by atoms with Gasteiger partial charge in [-0.15, -0.1) is 0 Å². The van der Waals surface area contributed by atoms with Crippen molar-refractivity contribution in [2.24, 2.45) is 11.7 Å². The molecule has 0 radical (unpaired) electrons. The number of benzene rings is 1. The van der Waals surface area contributed by atoms with E-state index in [0.717, 1.165) is 24.8 Å². The van der Waals surface area contributed by atoms with Gasteiger partial charge in [0.05, 0.1) is 12.1 Å². The summed E-state index contributed by atoms with van der Waals surface area (Å²) in [7, 11) is 0. The maximum absolute atomic E-state index is 12.4. The summed E-state index contributed by atoms with van der Waals surface area (Å²) >= 11 is 0. The van der Waals surface area contributed by atoms with Crippen LogP contribution in [0.3, 0.4) is 0 Å². The molecule has 0 bridgehead atoms. The first kappa shape index (κ1) is 16.0. The maximum atomic E-state index is 12.4. The van der Waals surface area contributed by atoms with Crippen LogP contribution in [0.2, 0.25) is 0 Å². The lowest BCUT2D eigenvalue weighted by atomic mass is 9.96. The number of nitrogens with one attached hydrogen (secondary N) is 1. The first-order valence-corrected chi connectivity index (χ1v) is 7.81. The van der Waals surface area contributed by atoms with Gasteiger partial charge in [0.1, 0.15) is 6.10 Å². The largest absolute Gasteiger partial charge is 0.364 e. The zero-order chi connectivity index (χ0) is 15.2. The number of nitrogens with two attached hydrogens (primary N) is 1. The first-order chi connectivity index (χ1) is 10.1. The molecule has 1 amide bonds. The lowest BCUT2D eigenvalue weighted by Crippen LogP contribution is -2.38. The first-order valence-electron chi connectivity index (χ1n) is 7.81.